The van der Waals surface area contributed by atoms with Crippen molar-refractivity contribution in [2.75, 3.05) is 0 Å². The molecule has 8 heteroatoms. The molecule has 2 rings (SSSR count). The Bertz CT molecular complexity index is 641. The molecule has 0 saturated heterocycles. The van der Waals surface area contributed by atoms with Gasteiger partial charge in [0.05, 0.1) is 11.1 Å². The van der Waals surface area contributed by atoms with Crippen LogP contribution in [0.5, 0.6) is 0 Å². The minimum Gasteiger partial charge on any atom is -0.303 e. The summed E-state index contributed by atoms with van der Waals surface area (Å²) in [7, 11) is 1.41. The third-order valence-corrected chi connectivity index (χ3v) is 2.79. The van der Waals surface area contributed by atoms with Crippen LogP contribution >= 0.6 is 12.2 Å². The highest BCUT2D eigenvalue weighted by Gasteiger charge is 2.36. The average Bonchev–Trinajstić information content (AvgIpc) is 2.59. The van der Waals surface area contributed by atoms with Crippen LogP contribution in [0.1, 0.15) is 5.56 Å². The number of rotatable bonds is 1. The molecule has 1 heterocycles. The second-order valence-electron chi connectivity index (χ2n) is 3.57. The van der Waals surface area contributed by atoms with E-state index in [0.29, 0.717) is 0 Å². The van der Waals surface area contributed by atoms with Gasteiger partial charge in [0, 0.05) is 7.05 Å². The molecule has 1 aromatic carbocycles. The van der Waals surface area contributed by atoms with Gasteiger partial charge in [0.2, 0.25) is 0 Å². The zero-order valence-electron chi connectivity index (χ0n) is 9.05. The van der Waals surface area contributed by atoms with E-state index in [0.717, 1.165) is 18.2 Å². The first-order valence-electron chi connectivity index (χ1n) is 4.80. The minimum absolute atomic E-state index is 0.112. The summed E-state index contributed by atoms with van der Waals surface area (Å²) in [6, 6.07) is 2.75. The van der Waals surface area contributed by atoms with Gasteiger partial charge in [-0.3, -0.25) is 5.10 Å². The molecule has 1 N–H and O–H groups in total. The number of alkyl halides is 3. The number of hydrogen-bond donors (Lipinski definition) is 1. The number of nitrogens with one attached hydrogen (secondary N) is 1. The van der Waals surface area contributed by atoms with E-state index in [1.807, 2.05) is 0 Å². The average molecular weight is 277 g/mol. The molecule has 0 amide bonds. The van der Waals surface area contributed by atoms with E-state index in [9.17, 15) is 17.6 Å². The largest absolute Gasteiger partial charge is 0.417 e. The van der Waals surface area contributed by atoms with Crippen molar-refractivity contribution in [1.29, 1.82) is 0 Å². The smallest absolute Gasteiger partial charge is 0.303 e. The van der Waals surface area contributed by atoms with Gasteiger partial charge in [-0.15, -0.1) is 0 Å². The van der Waals surface area contributed by atoms with Gasteiger partial charge in [0.1, 0.15) is 5.82 Å². The summed E-state index contributed by atoms with van der Waals surface area (Å²) >= 11 is 4.80. The number of H-pyrrole nitrogens is 1. The molecule has 1 aromatic heterocycles. The molecule has 0 fully saturated rings. The van der Waals surface area contributed by atoms with E-state index in [4.69, 9.17) is 12.2 Å². The lowest BCUT2D eigenvalue weighted by molar-refractivity contribution is -0.137. The van der Waals surface area contributed by atoms with Crippen molar-refractivity contribution in [2.45, 2.75) is 6.18 Å². The third kappa shape index (κ3) is 2.03. The lowest BCUT2D eigenvalue weighted by Crippen LogP contribution is -2.10. The fourth-order valence-electron chi connectivity index (χ4n) is 1.56. The Labute approximate surface area is 104 Å². The van der Waals surface area contributed by atoms with Crippen LogP contribution < -0.4 is 0 Å². The Kier molecular flexibility index (Phi) is 2.97. The lowest BCUT2D eigenvalue weighted by Gasteiger charge is -2.12. The number of nitrogens with zero attached hydrogens (tertiary/aromatic N) is 2. The number of halogens is 4. The van der Waals surface area contributed by atoms with Crippen molar-refractivity contribution in [1.82, 2.24) is 14.8 Å². The fraction of sp³-hybridized carbons (Fsp3) is 0.200. The predicted octanol–water partition coefficient (Wildman–Crippen LogP) is 3.30. The Balaban J connectivity index is 2.78. The summed E-state index contributed by atoms with van der Waals surface area (Å²) < 4.78 is 53.4. The highest BCUT2D eigenvalue weighted by molar-refractivity contribution is 7.71. The number of aromatic amines is 1. The second kappa shape index (κ2) is 4.20. The van der Waals surface area contributed by atoms with Crippen LogP contribution in [0, 0.1) is 10.6 Å². The molecular weight excluding hydrogens is 270 g/mol. The van der Waals surface area contributed by atoms with Crippen LogP contribution in [-0.4, -0.2) is 14.8 Å². The second-order valence-corrected chi connectivity index (χ2v) is 3.96. The standard InChI is InChI=1S/C10H7F4N3S/c1-17-8(15-16-9(17)18)7-5(10(12,13)14)3-2-4-6(7)11/h2-4H,1H3,(H,16,18). The first kappa shape index (κ1) is 12.7. The van der Waals surface area contributed by atoms with E-state index < -0.39 is 23.1 Å². The normalized spacial score (nSPS) is 11.8. The monoisotopic (exact) mass is 277 g/mol. The van der Waals surface area contributed by atoms with E-state index >= 15 is 0 Å². The molecule has 2 aromatic rings. The molecule has 0 saturated carbocycles. The quantitative estimate of drug-likeness (QED) is 0.641. The molecule has 3 nitrogen and oxygen atoms in total. The molecular formula is C10H7F4N3S. The number of benzene rings is 1. The molecule has 0 bridgehead atoms. The maximum Gasteiger partial charge on any atom is 0.417 e. The predicted molar refractivity (Wildman–Crippen MR) is 58.8 cm³/mol. The van der Waals surface area contributed by atoms with Gasteiger partial charge >= 0.3 is 6.18 Å². The van der Waals surface area contributed by atoms with Crippen LogP contribution in [0.25, 0.3) is 11.4 Å². The van der Waals surface area contributed by atoms with Crippen LogP contribution in [0.3, 0.4) is 0 Å². The Hall–Kier alpha value is -1.70. The lowest BCUT2D eigenvalue weighted by atomic mass is 10.1. The Morgan fingerprint density at radius 2 is 2.00 bits per heavy atom. The van der Waals surface area contributed by atoms with Crippen molar-refractivity contribution in [3.63, 3.8) is 0 Å². The topological polar surface area (TPSA) is 33.6 Å². The van der Waals surface area contributed by atoms with Crippen molar-refractivity contribution < 1.29 is 17.6 Å². The number of hydrogen-bond acceptors (Lipinski definition) is 2. The van der Waals surface area contributed by atoms with Crippen molar-refractivity contribution >= 4 is 12.2 Å². The molecule has 0 spiro atoms. The summed E-state index contributed by atoms with van der Waals surface area (Å²) in [5, 5.41) is 5.95. The van der Waals surface area contributed by atoms with Gasteiger partial charge in [-0.25, -0.2) is 4.39 Å². The summed E-state index contributed by atoms with van der Waals surface area (Å²) in [6.45, 7) is 0. The SMILES string of the molecule is Cn1c(-c2c(F)cccc2C(F)(F)F)n[nH]c1=S. The molecule has 96 valence electrons. The van der Waals surface area contributed by atoms with Gasteiger partial charge in [-0.2, -0.15) is 18.3 Å². The summed E-state index contributed by atoms with van der Waals surface area (Å²) in [4.78, 5) is 0. The van der Waals surface area contributed by atoms with E-state index in [2.05, 4.69) is 10.2 Å². The van der Waals surface area contributed by atoms with E-state index in [1.165, 1.54) is 11.6 Å². The highest BCUT2D eigenvalue weighted by atomic mass is 32.1. The molecule has 0 aliphatic carbocycles. The van der Waals surface area contributed by atoms with E-state index in [1.54, 1.807) is 0 Å². The van der Waals surface area contributed by atoms with Gasteiger partial charge in [-0.05, 0) is 24.4 Å². The Morgan fingerprint density at radius 1 is 1.33 bits per heavy atom. The zero-order chi connectivity index (χ0) is 13.5. The van der Waals surface area contributed by atoms with Crippen molar-refractivity contribution in [2.24, 2.45) is 7.05 Å². The van der Waals surface area contributed by atoms with Crippen LogP contribution in [0.15, 0.2) is 18.2 Å². The van der Waals surface area contributed by atoms with Crippen molar-refractivity contribution in [3.05, 3.63) is 34.4 Å². The molecule has 0 atom stereocenters. The first-order valence-corrected chi connectivity index (χ1v) is 5.20. The highest BCUT2D eigenvalue weighted by Crippen LogP contribution is 2.37. The van der Waals surface area contributed by atoms with Crippen LogP contribution in [-0.2, 0) is 13.2 Å². The molecule has 0 aliphatic rings. The minimum atomic E-state index is -4.66. The fourth-order valence-corrected chi connectivity index (χ4v) is 1.69. The van der Waals surface area contributed by atoms with Crippen LogP contribution in [0.2, 0.25) is 0 Å². The maximum absolute atomic E-state index is 13.7. The molecule has 0 unspecified atom stereocenters. The number of aromatic nitrogens is 3. The molecule has 0 aliphatic heterocycles. The summed E-state index contributed by atoms with van der Waals surface area (Å²) in [5.41, 5.74) is -1.69. The van der Waals surface area contributed by atoms with Gasteiger partial charge < -0.3 is 4.57 Å². The van der Waals surface area contributed by atoms with Crippen LogP contribution in [0.4, 0.5) is 17.6 Å². The summed E-state index contributed by atoms with van der Waals surface area (Å²) in [5.74, 6) is -1.19. The zero-order valence-corrected chi connectivity index (χ0v) is 9.86. The molecule has 0 radical (unpaired) electrons. The van der Waals surface area contributed by atoms with Gasteiger partial charge in [0.25, 0.3) is 0 Å². The van der Waals surface area contributed by atoms with E-state index in [-0.39, 0.29) is 10.6 Å². The third-order valence-electron chi connectivity index (χ3n) is 2.42. The maximum atomic E-state index is 13.7. The Morgan fingerprint density at radius 3 is 2.50 bits per heavy atom. The van der Waals surface area contributed by atoms with Gasteiger partial charge in [-0.1, -0.05) is 6.07 Å². The molecule has 18 heavy (non-hydrogen) atoms. The first-order chi connectivity index (χ1) is 8.32. The summed E-state index contributed by atoms with van der Waals surface area (Å²) in [6.07, 6.45) is -4.66. The van der Waals surface area contributed by atoms with Gasteiger partial charge in [0.15, 0.2) is 10.6 Å². The van der Waals surface area contributed by atoms with Crippen molar-refractivity contribution in [3.8, 4) is 11.4 Å².